The fourth-order valence-electron chi connectivity index (χ4n) is 3.51. The minimum atomic E-state index is -0.0778. The molecular formula is C18H26N4OS. The average Bonchev–Trinajstić information content (AvgIpc) is 3.03. The highest BCUT2D eigenvalue weighted by atomic mass is 32.2. The summed E-state index contributed by atoms with van der Waals surface area (Å²) in [6.45, 7) is 0. The van der Waals surface area contributed by atoms with Crippen molar-refractivity contribution in [3.63, 3.8) is 0 Å². The van der Waals surface area contributed by atoms with Crippen molar-refractivity contribution in [2.24, 2.45) is 5.92 Å². The van der Waals surface area contributed by atoms with E-state index >= 15 is 0 Å². The van der Waals surface area contributed by atoms with E-state index in [1.165, 1.54) is 32.1 Å². The van der Waals surface area contributed by atoms with Gasteiger partial charge < -0.3 is 5.32 Å². The van der Waals surface area contributed by atoms with Crippen LogP contribution in [0.5, 0.6) is 0 Å². The standard InChI is InChI=1S/C18H26N4OS/c1-24-12-10-15(18-21-20-16-9-5-6-11-22(16)18)19-17(23)13-14-7-3-2-4-8-14/h5-6,9,11,14-15H,2-4,7-8,10,12-13H2,1H3,(H,19,23)/t15-/m1/s1. The molecule has 0 aromatic carbocycles. The molecule has 24 heavy (non-hydrogen) atoms. The molecule has 0 radical (unpaired) electrons. The van der Waals surface area contributed by atoms with Crippen LogP contribution in [0.4, 0.5) is 0 Å². The van der Waals surface area contributed by atoms with Crippen LogP contribution in [0.2, 0.25) is 0 Å². The van der Waals surface area contributed by atoms with Gasteiger partial charge in [0.2, 0.25) is 5.91 Å². The summed E-state index contributed by atoms with van der Waals surface area (Å²) >= 11 is 1.79. The van der Waals surface area contributed by atoms with E-state index in [9.17, 15) is 4.79 Å². The molecule has 5 nitrogen and oxygen atoms in total. The van der Waals surface area contributed by atoms with Crippen LogP contribution in [0, 0.1) is 5.92 Å². The van der Waals surface area contributed by atoms with Gasteiger partial charge in [0.25, 0.3) is 0 Å². The van der Waals surface area contributed by atoms with Crippen LogP contribution in [0.15, 0.2) is 24.4 Å². The van der Waals surface area contributed by atoms with Gasteiger partial charge in [-0.3, -0.25) is 9.20 Å². The van der Waals surface area contributed by atoms with Gasteiger partial charge in [-0.25, -0.2) is 0 Å². The minimum absolute atomic E-state index is 0.0778. The number of amides is 1. The van der Waals surface area contributed by atoms with Crippen molar-refractivity contribution in [2.75, 3.05) is 12.0 Å². The van der Waals surface area contributed by atoms with Crippen molar-refractivity contribution in [1.29, 1.82) is 0 Å². The molecule has 0 aliphatic heterocycles. The van der Waals surface area contributed by atoms with Gasteiger partial charge in [-0.1, -0.05) is 25.3 Å². The molecule has 0 unspecified atom stereocenters. The lowest BCUT2D eigenvalue weighted by Crippen LogP contribution is -2.32. The topological polar surface area (TPSA) is 59.3 Å². The second-order valence-electron chi connectivity index (χ2n) is 6.60. The Morgan fingerprint density at radius 2 is 2.17 bits per heavy atom. The Balaban J connectivity index is 1.70. The van der Waals surface area contributed by atoms with Crippen molar-refractivity contribution >= 4 is 23.3 Å². The highest BCUT2D eigenvalue weighted by Gasteiger charge is 2.22. The second-order valence-corrected chi connectivity index (χ2v) is 7.58. The van der Waals surface area contributed by atoms with E-state index in [0.717, 1.165) is 23.6 Å². The molecule has 1 amide bonds. The lowest BCUT2D eigenvalue weighted by Gasteiger charge is -2.23. The largest absolute Gasteiger partial charge is 0.346 e. The summed E-state index contributed by atoms with van der Waals surface area (Å²) in [6.07, 6.45) is 11.8. The molecule has 3 rings (SSSR count). The molecule has 0 saturated heterocycles. The Hall–Kier alpha value is -1.56. The zero-order valence-electron chi connectivity index (χ0n) is 14.3. The van der Waals surface area contributed by atoms with Gasteiger partial charge in [0, 0.05) is 12.6 Å². The minimum Gasteiger partial charge on any atom is -0.346 e. The first-order chi connectivity index (χ1) is 11.8. The van der Waals surface area contributed by atoms with Gasteiger partial charge in [0.1, 0.15) is 0 Å². The van der Waals surface area contributed by atoms with Crippen LogP contribution in [0.25, 0.3) is 5.65 Å². The SMILES string of the molecule is CSCC[C@@H](NC(=O)CC1CCCCC1)c1nnc2ccccn12. The number of hydrogen-bond donors (Lipinski definition) is 1. The summed E-state index contributed by atoms with van der Waals surface area (Å²) in [5.41, 5.74) is 0.822. The van der Waals surface area contributed by atoms with Crippen LogP contribution < -0.4 is 5.32 Å². The predicted octanol–water partition coefficient (Wildman–Crippen LogP) is 3.61. The molecule has 1 aliphatic rings. The van der Waals surface area contributed by atoms with Gasteiger partial charge in [-0.2, -0.15) is 11.8 Å². The lowest BCUT2D eigenvalue weighted by molar-refractivity contribution is -0.123. The molecule has 2 aromatic heterocycles. The molecule has 6 heteroatoms. The molecule has 2 heterocycles. The summed E-state index contributed by atoms with van der Waals surface area (Å²) < 4.78 is 1.98. The van der Waals surface area contributed by atoms with Gasteiger partial charge >= 0.3 is 0 Å². The quantitative estimate of drug-likeness (QED) is 0.832. The van der Waals surface area contributed by atoms with E-state index in [2.05, 4.69) is 21.8 Å². The van der Waals surface area contributed by atoms with Crippen molar-refractivity contribution in [3.05, 3.63) is 30.2 Å². The lowest BCUT2D eigenvalue weighted by atomic mass is 9.87. The van der Waals surface area contributed by atoms with Crippen molar-refractivity contribution in [2.45, 2.75) is 51.0 Å². The Bertz CT molecular complexity index is 666. The first-order valence-electron chi connectivity index (χ1n) is 8.86. The van der Waals surface area contributed by atoms with Gasteiger partial charge in [0.05, 0.1) is 6.04 Å². The molecular weight excluding hydrogens is 320 g/mol. The Morgan fingerprint density at radius 3 is 2.96 bits per heavy atom. The van der Waals surface area contributed by atoms with Crippen LogP contribution in [-0.2, 0) is 4.79 Å². The van der Waals surface area contributed by atoms with Crippen LogP contribution in [0.1, 0.15) is 56.8 Å². The molecule has 2 aromatic rings. The first-order valence-corrected chi connectivity index (χ1v) is 10.3. The molecule has 1 saturated carbocycles. The highest BCUT2D eigenvalue weighted by molar-refractivity contribution is 7.98. The van der Waals surface area contributed by atoms with E-state index in [1.807, 2.05) is 28.8 Å². The highest BCUT2D eigenvalue weighted by Crippen LogP contribution is 2.27. The Labute approximate surface area is 147 Å². The molecule has 1 fully saturated rings. The number of aromatic nitrogens is 3. The summed E-state index contributed by atoms with van der Waals surface area (Å²) in [4.78, 5) is 12.5. The van der Waals surface area contributed by atoms with Crippen molar-refractivity contribution in [1.82, 2.24) is 19.9 Å². The van der Waals surface area contributed by atoms with E-state index in [-0.39, 0.29) is 11.9 Å². The molecule has 0 spiro atoms. The van der Waals surface area contributed by atoms with Crippen LogP contribution >= 0.6 is 11.8 Å². The molecule has 1 N–H and O–H groups in total. The summed E-state index contributed by atoms with van der Waals surface area (Å²) in [6, 6.07) is 5.78. The summed E-state index contributed by atoms with van der Waals surface area (Å²) in [5.74, 6) is 2.52. The molecule has 1 atom stereocenters. The number of carbonyl (C=O) groups is 1. The maximum atomic E-state index is 12.5. The first kappa shape index (κ1) is 17.3. The van der Waals surface area contributed by atoms with E-state index < -0.39 is 0 Å². The summed E-state index contributed by atoms with van der Waals surface area (Å²) in [5, 5.41) is 11.8. The fraction of sp³-hybridized carbons (Fsp3) is 0.611. The number of nitrogens with zero attached hydrogens (tertiary/aromatic N) is 3. The number of fused-ring (bicyclic) bond motifs is 1. The summed E-state index contributed by atoms with van der Waals surface area (Å²) in [7, 11) is 0. The Morgan fingerprint density at radius 1 is 1.33 bits per heavy atom. The van der Waals surface area contributed by atoms with Crippen molar-refractivity contribution in [3.8, 4) is 0 Å². The third-order valence-corrected chi connectivity index (χ3v) is 5.44. The van der Waals surface area contributed by atoms with E-state index in [4.69, 9.17) is 0 Å². The zero-order valence-corrected chi connectivity index (χ0v) is 15.1. The number of thioether (sulfide) groups is 1. The predicted molar refractivity (Wildman–Crippen MR) is 98.1 cm³/mol. The number of carbonyl (C=O) groups excluding carboxylic acids is 1. The third kappa shape index (κ3) is 4.29. The zero-order chi connectivity index (χ0) is 16.8. The third-order valence-electron chi connectivity index (χ3n) is 4.80. The Kier molecular flexibility index (Phi) is 6.12. The molecule has 1 aliphatic carbocycles. The molecule has 0 bridgehead atoms. The average molecular weight is 346 g/mol. The maximum absolute atomic E-state index is 12.5. The number of nitrogens with one attached hydrogen (secondary N) is 1. The number of rotatable bonds is 7. The monoisotopic (exact) mass is 346 g/mol. The van der Waals surface area contributed by atoms with E-state index in [1.54, 1.807) is 11.8 Å². The van der Waals surface area contributed by atoms with Crippen LogP contribution in [0.3, 0.4) is 0 Å². The van der Waals surface area contributed by atoms with Gasteiger partial charge in [-0.15, -0.1) is 10.2 Å². The maximum Gasteiger partial charge on any atom is 0.220 e. The normalized spacial score (nSPS) is 17.0. The smallest absolute Gasteiger partial charge is 0.220 e. The van der Waals surface area contributed by atoms with Gasteiger partial charge in [0.15, 0.2) is 11.5 Å². The van der Waals surface area contributed by atoms with Gasteiger partial charge in [-0.05, 0) is 49.3 Å². The number of hydrogen-bond acceptors (Lipinski definition) is 4. The van der Waals surface area contributed by atoms with Crippen molar-refractivity contribution < 1.29 is 4.79 Å². The fourth-order valence-corrected chi connectivity index (χ4v) is 3.98. The van der Waals surface area contributed by atoms with E-state index in [0.29, 0.717) is 12.3 Å². The van der Waals surface area contributed by atoms with Crippen LogP contribution in [-0.4, -0.2) is 32.5 Å². The second kappa shape index (κ2) is 8.51. The number of pyridine rings is 1. The molecule has 130 valence electrons.